The van der Waals surface area contributed by atoms with Crippen LogP contribution in [0.15, 0.2) is 42.7 Å². The number of ether oxygens (including phenoxy) is 1. The van der Waals surface area contributed by atoms with E-state index in [1.54, 1.807) is 12.4 Å². The third-order valence-electron chi connectivity index (χ3n) is 4.59. The van der Waals surface area contributed by atoms with Crippen molar-refractivity contribution in [3.8, 4) is 11.1 Å². The van der Waals surface area contributed by atoms with Gasteiger partial charge >= 0.3 is 0 Å². The predicted molar refractivity (Wildman–Crippen MR) is 99.9 cm³/mol. The number of carbonyl (C=O) groups is 1. The number of nitrogens with zero attached hydrogens (tertiary/aromatic N) is 3. The zero-order chi connectivity index (χ0) is 18.0. The third kappa shape index (κ3) is 3.66. The van der Waals surface area contributed by atoms with Crippen molar-refractivity contribution < 1.29 is 9.53 Å². The van der Waals surface area contributed by atoms with Gasteiger partial charge in [0.25, 0.3) is 5.91 Å². The van der Waals surface area contributed by atoms with Crippen LogP contribution in [0.25, 0.3) is 11.1 Å². The van der Waals surface area contributed by atoms with Crippen molar-refractivity contribution in [1.82, 2.24) is 9.88 Å². The summed E-state index contributed by atoms with van der Waals surface area (Å²) in [5.74, 6) is 0.00700. The van der Waals surface area contributed by atoms with Crippen LogP contribution in [0, 0.1) is 0 Å². The Morgan fingerprint density at radius 2 is 1.88 bits per heavy atom. The first-order chi connectivity index (χ1) is 11.9. The Morgan fingerprint density at radius 3 is 2.52 bits per heavy atom. The summed E-state index contributed by atoms with van der Waals surface area (Å²) in [4.78, 5) is 21.2. The quantitative estimate of drug-likeness (QED) is 0.862. The number of anilines is 1. The van der Waals surface area contributed by atoms with Crippen molar-refractivity contribution >= 4 is 11.6 Å². The van der Waals surface area contributed by atoms with Gasteiger partial charge in [-0.1, -0.05) is 12.1 Å². The molecule has 5 nitrogen and oxygen atoms in total. The SMILES string of the molecule is CN(C)c1ccc(-c2cncc(C(=O)N3CCOCC3(C)C)c2)cc1. The van der Waals surface area contributed by atoms with Gasteiger partial charge in [0.1, 0.15) is 0 Å². The van der Waals surface area contributed by atoms with Gasteiger partial charge in [-0.25, -0.2) is 0 Å². The zero-order valence-electron chi connectivity index (χ0n) is 15.3. The van der Waals surface area contributed by atoms with Gasteiger partial charge < -0.3 is 14.5 Å². The lowest BCUT2D eigenvalue weighted by Crippen LogP contribution is -2.55. The number of benzene rings is 1. The van der Waals surface area contributed by atoms with E-state index in [0.29, 0.717) is 25.3 Å². The Labute approximate surface area is 149 Å². The molecular weight excluding hydrogens is 314 g/mol. The molecule has 3 rings (SSSR count). The summed E-state index contributed by atoms with van der Waals surface area (Å²) in [5.41, 5.74) is 3.44. The molecule has 1 aromatic carbocycles. The monoisotopic (exact) mass is 339 g/mol. The zero-order valence-corrected chi connectivity index (χ0v) is 15.3. The molecule has 0 N–H and O–H groups in total. The second-order valence-electron chi connectivity index (χ2n) is 7.23. The average molecular weight is 339 g/mol. The topological polar surface area (TPSA) is 45.7 Å². The molecule has 5 heteroatoms. The lowest BCUT2D eigenvalue weighted by molar-refractivity contribution is -0.0370. The van der Waals surface area contributed by atoms with E-state index in [9.17, 15) is 4.79 Å². The van der Waals surface area contributed by atoms with E-state index in [2.05, 4.69) is 34.1 Å². The fourth-order valence-electron chi connectivity index (χ4n) is 3.06. The predicted octanol–water partition coefficient (Wildman–Crippen LogP) is 3.07. The summed E-state index contributed by atoms with van der Waals surface area (Å²) in [6.45, 7) is 5.79. The largest absolute Gasteiger partial charge is 0.378 e. The number of aromatic nitrogens is 1. The molecule has 0 saturated carbocycles. The van der Waals surface area contributed by atoms with Crippen LogP contribution in [-0.2, 0) is 4.74 Å². The Hall–Kier alpha value is -2.40. The molecule has 0 bridgehead atoms. The lowest BCUT2D eigenvalue weighted by Gasteiger charge is -2.42. The first kappa shape index (κ1) is 17.4. The second-order valence-corrected chi connectivity index (χ2v) is 7.23. The molecule has 1 fully saturated rings. The Kier molecular flexibility index (Phi) is 4.77. The number of morpholine rings is 1. The summed E-state index contributed by atoms with van der Waals surface area (Å²) < 4.78 is 5.51. The van der Waals surface area contributed by atoms with Crippen LogP contribution in [0.4, 0.5) is 5.69 Å². The highest BCUT2D eigenvalue weighted by Gasteiger charge is 2.34. The maximum atomic E-state index is 13.0. The number of pyridine rings is 1. The maximum Gasteiger partial charge on any atom is 0.256 e. The van der Waals surface area contributed by atoms with Gasteiger partial charge in [-0.3, -0.25) is 9.78 Å². The molecular formula is C20H25N3O2. The molecule has 132 valence electrons. The average Bonchev–Trinajstić information content (AvgIpc) is 2.61. The van der Waals surface area contributed by atoms with E-state index in [4.69, 9.17) is 4.74 Å². The summed E-state index contributed by atoms with van der Waals surface area (Å²) in [7, 11) is 4.03. The van der Waals surface area contributed by atoms with Crippen LogP contribution < -0.4 is 4.90 Å². The number of hydrogen-bond donors (Lipinski definition) is 0. The Bertz CT molecular complexity index is 754. The minimum atomic E-state index is -0.307. The highest BCUT2D eigenvalue weighted by Crippen LogP contribution is 2.25. The van der Waals surface area contributed by atoms with Gasteiger partial charge in [0.15, 0.2) is 0 Å². The van der Waals surface area contributed by atoms with Gasteiger partial charge in [-0.2, -0.15) is 0 Å². The van der Waals surface area contributed by atoms with Gasteiger partial charge in [0.2, 0.25) is 0 Å². The van der Waals surface area contributed by atoms with Gasteiger partial charge in [-0.05, 0) is 37.6 Å². The highest BCUT2D eigenvalue weighted by molar-refractivity contribution is 5.95. The van der Waals surface area contributed by atoms with E-state index in [1.807, 2.05) is 38.9 Å². The summed E-state index contributed by atoms with van der Waals surface area (Å²) in [6, 6.07) is 10.2. The normalized spacial score (nSPS) is 16.6. The van der Waals surface area contributed by atoms with Crippen molar-refractivity contribution in [2.75, 3.05) is 38.8 Å². The third-order valence-corrected chi connectivity index (χ3v) is 4.59. The van der Waals surface area contributed by atoms with Gasteiger partial charge in [-0.15, -0.1) is 0 Å². The van der Waals surface area contributed by atoms with Crippen molar-refractivity contribution in [1.29, 1.82) is 0 Å². The van der Waals surface area contributed by atoms with E-state index in [0.717, 1.165) is 16.8 Å². The van der Waals surface area contributed by atoms with Crippen LogP contribution in [0.1, 0.15) is 24.2 Å². The Morgan fingerprint density at radius 1 is 1.16 bits per heavy atom. The van der Waals surface area contributed by atoms with Crippen LogP contribution in [-0.4, -0.2) is 55.2 Å². The second kappa shape index (κ2) is 6.84. The van der Waals surface area contributed by atoms with Crippen LogP contribution in [0.5, 0.6) is 0 Å². The van der Waals surface area contributed by atoms with Gasteiger partial charge in [0.05, 0.1) is 24.3 Å². The van der Waals surface area contributed by atoms with E-state index < -0.39 is 0 Å². The van der Waals surface area contributed by atoms with Crippen molar-refractivity contribution in [2.24, 2.45) is 0 Å². The molecule has 1 aromatic heterocycles. The molecule has 0 aliphatic carbocycles. The molecule has 0 radical (unpaired) electrons. The molecule has 25 heavy (non-hydrogen) atoms. The number of carbonyl (C=O) groups excluding carboxylic acids is 1. The standard InChI is InChI=1S/C20H25N3O2/c1-20(2)14-25-10-9-23(20)19(24)17-11-16(12-21-13-17)15-5-7-18(8-6-15)22(3)4/h5-8,11-13H,9-10,14H2,1-4H3. The molecule has 0 unspecified atom stereocenters. The van der Waals surface area contributed by atoms with Crippen LogP contribution in [0.2, 0.25) is 0 Å². The Balaban J connectivity index is 1.87. The number of rotatable bonds is 3. The summed E-state index contributed by atoms with van der Waals surface area (Å²) in [5, 5.41) is 0. The fourth-order valence-corrected chi connectivity index (χ4v) is 3.06. The first-order valence-corrected chi connectivity index (χ1v) is 8.51. The molecule has 1 aliphatic heterocycles. The lowest BCUT2D eigenvalue weighted by atomic mass is 10.00. The number of amides is 1. The minimum Gasteiger partial charge on any atom is -0.378 e. The summed E-state index contributed by atoms with van der Waals surface area (Å²) >= 11 is 0. The van der Waals surface area contributed by atoms with Crippen LogP contribution in [0.3, 0.4) is 0 Å². The smallest absolute Gasteiger partial charge is 0.256 e. The van der Waals surface area contributed by atoms with Crippen molar-refractivity contribution in [3.63, 3.8) is 0 Å². The van der Waals surface area contributed by atoms with E-state index in [1.165, 1.54) is 0 Å². The number of hydrogen-bond acceptors (Lipinski definition) is 4. The minimum absolute atomic E-state index is 0.00700. The molecule has 0 spiro atoms. The molecule has 1 aliphatic rings. The maximum absolute atomic E-state index is 13.0. The molecule has 0 atom stereocenters. The highest BCUT2D eigenvalue weighted by atomic mass is 16.5. The van der Waals surface area contributed by atoms with Crippen molar-refractivity contribution in [3.05, 3.63) is 48.3 Å². The van der Waals surface area contributed by atoms with E-state index in [-0.39, 0.29) is 11.4 Å². The molecule has 2 heterocycles. The summed E-state index contributed by atoms with van der Waals surface area (Å²) in [6.07, 6.45) is 3.44. The molecule has 1 amide bonds. The van der Waals surface area contributed by atoms with Crippen LogP contribution >= 0.6 is 0 Å². The first-order valence-electron chi connectivity index (χ1n) is 8.51. The van der Waals surface area contributed by atoms with E-state index >= 15 is 0 Å². The molecule has 2 aromatic rings. The molecule has 1 saturated heterocycles. The van der Waals surface area contributed by atoms with Crippen molar-refractivity contribution in [2.45, 2.75) is 19.4 Å². The fraction of sp³-hybridized carbons (Fsp3) is 0.400. The van der Waals surface area contributed by atoms with Gasteiger partial charge in [0, 0.05) is 44.3 Å².